The predicted molar refractivity (Wildman–Crippen MR) is 94.9 cm³/mol. The third-order valence-corrected chi connectivity index (χ3v) is 5.55. The lowest BCUT2D eigenvalue weighted by Crippen LogP contribution is -2.16. The van der Waals surface area contributed by atoms with Gasteiger partial charge in [-0.2, -0.15) is 0 Å². The minimum absolute atomic E-state index is 0.0777. The molecule has 0 spiro atoms. The van der Waals surface area contributed by atoms with Crippen molar-refractivity contribution in [2.24, 2.45) is 0 Å². The van der Waals surface area contributed by atoms with Gasteiger partial charge in [-0.1, -0.05) is 11.6 Å². The quantitative estimate of drug-likeness (QED) is 0.614. The van der Waals surface area contributed by atoms with Gasteiger partial charge < -0.3 is 19.5 Å². The largest absolute Gasteiger partial charge is 0.465 e. The fourth-order valence-electron chi connectivity index (χ4n) is 2.22. The zero-order valence-electron chi connectivity index (χ0n) is 13.6. The van der Waals surface area contributed by atoms with E-state index in [9.17, 15) is 13.2 Å². The van der Waals surface area contributed by atoms with Crippen LogP contribution < -0.4 is 14.8 Å². The summed E-state index contributed by atoms with van der Waals surface area (Å²) in [4.78, 5) is 11.4. The molecule has 0 aromatic heterocycles. The average molecular weight is 396 g/mol. The van der Waals surface area contributed by atoms with Crippen LogP contribution in [0.15, 0.2) is 58.5 Å². The molecule has 1 aliphatic rings. The SMILES string of the molecule is COC(=O)/C(=C\Nc1ccc2c(c1)OCO2)S(=O)(=O)c1ccc(Cl)cc1. The smallest absolute Gasteiger partial charge is 0.351 e. The van der Waals surface area contributed by atoms with Crippen LogP contribution in [0, 0.1) is 0 Å². The molecule has 0 saturated carbocycles. The number of carbonyl (C=O) groups is 1. The van der Waals surface area contributed by atoms with Gasteiger partial charge in [-0.15, -0.1) is 0 Å². The van der Waals surface area contributed by atoms with E-state index >= 15 is 0 Å². The number of sulfone groups is 1. The summed E-state index contributed by atoms with van der Waals surface area (Å²) in [6.07, 6.45) is 1.08. The van der Waals surface area contributed by atoms with Crippen LogP contribution in [0.2, 0.25) is 5.02 Å². The highest BCUT2D eigenvalue weighted by Gasteiger charge is 2.28. The zero-order valence-corrected chi connectivity index (χ0v) is 15.1. The lowest BCUT2D eigenvalue weighted by Gasteiger charge is -2.09. The van der Waals surface area contributed by atoms with Gasteiger partial charge in [0.1, 0.15) is 0 Å². The van der Waals surface area contributed by atoms with Crippen molar-refractivity contribution >= 4 is 33.1 Å². The molecule has 0 amide bonds. The number of nitrogens with one attached hydrogen (secondary N) is 1. The van der Waals surface area contributed by atoms with Crippen LogP contribution in [0.1, 0.15) is 0 Å². The van der Waals surface area contributed by atoms with Crippen molar-refractivity contribution in [2.75, 3.05) is 19.2 Å². The molecule has 2 aromatic carbocycles. The molecule has 9 heteroatoms. The van der Waals surface area contributed by atoms with Crippen LogP contribution in [-0.2, 0) is 19.4 Å². The molecular formula is C17H14ClNO6S. The standard InChI is InChI=1S/C17H14ClNO6S/c1-23-17(20)16(26(21,22)13-5-2-11(18)3-6-13)9-19-12-4-7-14-15(8-12)25-10-24-14/h2-9,19H,10H2,1H3/b16-9+. The molecule has 2 aromatic rings. The van der Waals surface area contributed by atoms with Crippen LogP contribution in [0.3, 0.4) is 0 Å². The number of esters is 1. The first-order valence-corrected chi connectivity index (χ1v) is 9.23. The number of carbonyl (C=O) groups excluding carboxylic acids is 1. The Morgan fingerprint density at radius 2 is 1.85 bits per heavy atom. The summed E-state index contributed by atoms with van der Waals surface area (Å²) in [5, 5.41) is 3.15. The van der Waals surface area contributed by atoms with E-state index in [1.807, 2.05) is 0 Å². The van der Waals surface area contributed by atoms with Crippen molar-refractivity contribution < 1.29 is 27.4 Å². The van der Waals surface area contributed by atoms with E-state index in [4.69, 9.17) is 21.1 Å². The Labute approximate surface area is 155 Å². The fraction of sp³-hybridized carbons (Fsp3) is 0.118. The third kappa shape index (κ3) is 3.61. The molecule has 0 atom stereocenters. The average Bonchev–Trinajstić information content (AvgIpc) is 3.09. The third-order valence-electron chi connectivity index (χ3n) is 3.54. The maximum Gasteiger partial charge on any atom is 0.351 e. The molecule has 136 valence electrons. The number of methoxy groups -OCH3 is 1. The van der Waals surface area contributed by atoms with E-state index in [0.717, 1.165) is 13.3 Å². The van der Waals surface area contributed by atoms with Crippen molar-refractivity contribution in [1.82, 2.24) is 0 Å². The number of ether oxygens (including phenoxy) is 3. The first-order valence-electron chi connectivity index (χ1n) is 7.37. The molecule has 0 radical (unpaired) electrons. The van der Waals surface area contributed by atoms with Crippen LogP contribution in [-0.4, -0.2) is 28.3 Å². The summed E-state index contributed by atoms with van der Waals surface area (Å²) < 4.78 is 40.6. The van der Waals surface area contributed by atoms with E-state index in [1.165, 1.54) is 24.3 Å². The molecule has 0 saturated heterocycles. The first-order chi connectivity index (χ1) is 12.4. The topological polar surface area (TPSA) is 90.9 Å². The number of hydrogen-bond acceptors (Lipinski definition) is 7. The fourth-order valence-corrected chi connectivity index (χ4v) is 3.61. The van der Waals surface area contributed by atoms with Crippen LogP contribution in [0.25, 0.3) is 0 Å². The van der Waals surface area contributed by atoms with Gasteiger partial charge in [0, 0.05) is 23.0 Å². The van der Waals surface area contributed by atoms with Gasteiger partial charge in [-0.25, -0.2) is 13.2 Å². The summed E-state index contributed by atoms with van der Waals surface area (Å²) >= 11 is 5.78. The number of halogens is 1. The van der Waals surface area contributed by atoms with E-state index in [0.29, 0.717) is 22.2 Å². The summed E-state index contributed by atoms with van der Waals surface area (Å²) in [6, 6.07) is 10.4. The van der Waals surface area contributed by atoms with Crippen molar-refractivity contribution in [3.63, 3.8) is 0 Å². The van der Waals surface area contributed by atoms with Crippen molar-refractivity contribution in [3.05, 3.63) is 58.6 Å². The highest BCUT2D eigenvalue weighted by Crippen LogP contribution is 2.34. The maximum absolute atomic E-state index is 12.8. The Balaban J connectivity index is 1.94. The minimum atomic E-state index is -4.10. The van der Waals surface area contributed by atoms with Gasteiger partial charge in [-0.05, 0) is 36.4 Å². The number of hydrogen-bond donors (Lipinski definition) is 1. The lowest BCUT2D eigenvalue weighted by atomic mass is 10.3. The Morgan fingerprint density at radius 3 is 2.54 bits per heavy atom. The number of rotatable bonds is 5. The highest BCUT2D eigenvalue weighted by molar-refractivity contribution is 7.96. The molecule has 3 rings (SSSR count). The Kier molecular flexibility index (Phi) is 5.06. The molecule has 26 heavy (non-hydrogen) atoms. The Morgan fingerprint density at radius 1 is 1.15 bits per heavy atom. The summed E-state index contributed by atoms with van der Waals surface area (Å²) in [6.45, 7) is 0.118. The van der Waals surface area contributed by atoms with Crippen molar-refractivity contribution in [1.29, 1.82) is 0 Å². The van der Waals surface area contributed by atoms with Crippen molar-refractivity contribution in [2.45, 2.75) is 4.90 Å². The second-order valence-electron chi connectivity index (χ2n) is 5.17. The second-order valence-corrected chi connectivity index (χ2v) is 7.52. The van der Waals surface area contributed by atoms with Gasteiger partial charge >= 0.3 is 5.97 Å². The summed E-state index contributed by atoms with van der Waals surface area (Å²) in [5.41, 5.74) is 0.516. The molecule has 0 aliphatic carbocycles. The highest BCUT2D eigenvalue weighted by atomic mass is 35.5. The molecule has 0 bridgehead atoms. The van der Waals surface area contributed by atoms with E-state index in [1.54, 1.807) is 18.2 Å². The van der Waals surface area contributed by atoms with Crippen LogP contribution in [0.4, 0.5) is 5.69 Å². The summed E-state index contributed by atoms with van der Waals surface area (Å²) in [5.74, 6) is 0.110. The van der Waals surface area contributed by atoms with Crippen LogP contribution >= 0.6 is 11.6 Å². The Hall–Kier alpha value is -2.71. The molecule has 1 heterocycles. The molecule has 0 unspecified atom stereocenters. The molecule has 7 nitrogen and oxygen atoms in total. The number of benzene rings is 2. The van der Waals surface area contributed by atoms with Gasteiger partial charge in [0.25, 0.3) is 0 Å². The maximum atomic E-state index is 12.8. The normalized spacial score (nSPS) is 13.4. The second kappa shape index (κ2) is 7.27. The first kappa shape index (κ1) is 18.1. The van der Waals surface area contributed by atoms with Gasteiger partial charge in [0.15, 0.2) is 16.4 Å². The summed E-state index contributed by atoms with van der Waals surface area (Å²) in [7, 11) is -3.00. The Bertz CT molecular complexity index is 969. The van der Waals surface area contributed by atoms with Gasteiger partial charge in [0.05, 0.1) is 12.0 Å². The molecular weight excluding hydrogens is 382 g/mol. The number of anilines is 1. The van der Waals surface area contributed by atoms with E-state index in [2.05, 4.69) is 10.1 Å². The number of fused-ring (bicyclic) bond motifs is 1. The minimum Gasteiger partial charge on any atom is -0.465 e. The molecule has 1 N–H and O–H groups in total. The van der Waals surface area contributed by atoms with E-state index < -0.39 is 20.7 Å². The monoisotopic (exact) mass is 395 g/mol. The van der Waals surface area contributed by atoms with Crippen LogP contribution in [0.5, 0.6) is 11.5 Å². The molecule has 1 aliphatic heterocycles. The molecule has 0 fully saturated rings. The van der Waals surface area contributed by atoms with Gasteiger partial charge in [0.2, 0.25) is 16.6 Å². The lowest BCUT2D eigenvalue weighted by molar-refractivity contribution is -0.135. The van der Waals surface area contributed by atoms with Gasteiger partial charge in [-0.3, -0.25) is 0 Å². The van der Waals surface area contributed by atoms with E-state index in [-0.39, 0.29) is 11.7 Å². The predicted octanol–water partition coefficient (Wildman–Crippen LogP) is 2.97. The van der Waals surface area contributed by atoms with Crippen molar-refractivity contribution in [3.8, 4) is 11.5 Å². The zero-order chi connectivity index (χ0) is 18.7.